The number of nitrogens with zero attached hydrogens (tertiary/aromatic N) is 1. The predicted molar refractivity (Wildman–Crippen MR) is 62.6 cm³/mol. The number of aliphatic hydroxyl groups is 1. The first-order chi connectivity index (χ1) is 7.22. The van der Waals surface area contributed by atoms with E-state index in [0.29, 0.717) is 5.91 Å². The van der Waals surface area contributed by atoms with Crippen LogP contribution in [-0.4, -0.2) is 36.1 Å². The van der Waals surface area contributed by atoms with Gasteiger partial charge in [0.15, 0.2) is 0 Å². The van der Waals surface area contributed by atoms with Crippen molar-refractivity contribution in [2.75, 3.05) is 20.2 Å². The zero-order valence-electron chi connectivity index (χ0n) is 10.5. The van der Waals surface area contributed by atoms with E-state index in [9.17, 15) is 4.79 Å². The van der Waals surface area contributed by atoms with Gasteiger partial charge in [0.05, 0.1) is 0 Å². The van der Waals surface area contributed by atoms with Gasteiger partial charge in [-0.2, -0.15) is 0 Å². The lowest BCUT2D eigenvalue weighted by molar-refractivity contribution is -0.135. The lowest BCUT2D eigenvalue weighted by Gasteiger charge is -2.19. The smallest absolute Gasteiger partial charge is 0.228 e. The van der Waals surface area contributed by atoms with E-state index in [-0.39, 0.29) is 5.41 Å². The molecule has 15 heavy (non-hydrogen) atoms. The van der Waals surface area contributed by atoms with Crippen LogP contribution in [0.1, 0.15) is 46.5 Å². The third-order valence-electron chi connectivity index (χ3n) is 2.91. The SMILES string of the molecule is CC.CC1(C(=O)N2CCCC2)CC1.CO. The molecule has 1 aliphatic carbocycles. The third-order valence-corrected chi connectivity index (χ3v) is 2.91. The van der Waals surface area contributed by atoms with Gasteiger partial charge in [0.1, 0.15) is 0 Å². The molecule has 0 unspecified atom stereocenters. The van der Waals surface area contributed by atoms with Gasteiger partial charge in [-0.25, -0.2) is 0 Å². The van der Waals surface area contributed by atoms with E-state index in [2.05, 4.69) is 6.92 Å². The number of hydrogen-bond donors (Lipinski definition) is 1. The Kier molecular flexibility index (Phi) is 6.57. The summed E-state index contributed by atoms with van der Waals surface area (Å²) in [5.41, 5.74) is 0.0599. The second kappa shape index (κ2) is 6.83. The Morgan fingerprint density at radius 2 is 1.53 bits per heavy atom. The Morgan fingerprint density at radius 3 is 1.87 bits per heavy atom. The van der Waals surface area contributed by atoms with Crippen LogP contribution in [0.25, 0.3) is 0 Å². The Morgan fingerprint density at radius 1 is 1.13 bits per heavy atom. The number of likely N-dealkylation sites (tertiary alicyclic amines) is 1. The van der Waals surface area contributed by atoms with Crippen LogP contribution in [0.5, 0.6) is 0 Å². The van der Waals surface area contributed by atoms with E-state index in [1.807, 2.05) is 18.7 Å². The van der Waals surface area contributed by atoms with Crippen LogP contribution >= 0.6 is 0 Å². The number of rotatable bonds is 1. The summed E-state index contributed by atoms with van der Waals surface area (Å²) in [6, 6.07) is 0. The number of carbonyl (C=O) groups excluding carboxylic acids is 1. The Hall–Kier alpha value is -0.570. The summed E-state index contributed by atoms with van der Waals surface area (Å²) >= 11 is 0. The molecular formula is C12H25NO2. The Balaban J connectivity index is 0.000000442. The van der Waals surface area contributed by atoms with Gasteiger partial charge in [-0.3, -0.25) is 4.79 Å². The number of amides is 1. The maximum atomic E-state index is 11.7. The van der Waals surface area contributed by atoms with Crippen molar-refractivity contribution >= 4 is 5.91 Å². The molecule has 0 atom stereocenters. The van der Waals surface area contributed by atoms with Gasteiger partial charge in [0, 0.05) is 25.6 Å². The minimum Gasteiger partial charge on any atom is -0.400 e. The van der Waals surface area contributed by atoms with Crippen LogP contribution in [0.3, 0.4) is 0 Å². The predicted octanol–water partition coefficient (Wildman–Crippen LogP) is 2.04. The topological polar surface area (TPSA) is 40.5 Å². The largest absolute Gasteiger partial charge is 0.400 e. The fraction of sp³-hybridized carbons (Fsp3) is 0.917. The van der Waals surface area contributed by atoms with Gasteiger partial charge in [-0.1, -0.05) is 20.8 Å². The van der Waals surface area contributed by atoms with Crippen LogP contribution < -0.4 is 0 Å². The normalized spacial score (nSPS) is 20.7. The highest BCUT2D eigenvalue weighted by atomic mass is 16.2. The average molecular weight is 215 g/mol. The van der Waals surface area contributed by atoms with Crippen molar-refractivity contribution in [1.29, 1.82) is 0 Å². The van der Waals surface area contributed by atoms with Crippen molar-refractivity contribution in [3.8, 4) is 0 Å². The summed E-state index contributed by atoms with van der Waals surface area (Å²) in [5, 5.41) is 7.00. The summed E-state index contributed by atoms with van der Waals surface area (Å²) in [6.07, 6.45) is 4.65. The minimum atomic E-state index is 0.0599. The molecule has 0 aromatic carbocycles. The van der Waals surface area contributed by atoms with E-state index >= 15 is 0 Å². The average Bonchev–Trinajstić information content (AvgIpc) is 2.87. The highest BCUT2D eigenvalue weighted by Gasteiger charge is 2.47. The van der Waals surface area contributed by atoms with E-state index < -0.39 is 0 Å². The van der Waals surface area contributed by atoms with Crippen LogP contribution in [-0.2, 0) is 4.79 Å². The second-order valence-electron chi connectivity index (χ2n) is 4.06. The highest BCUT2D eigenvalue weighted by Crippen LogP contribution is 2.46. The molecule has 2 rings (SSSR count). The van der Waals surface area contributed by atoms with Crippen LogP contribution in [0.4, 0.5) is 0 Å². The quantitative estimate of drug-likeness (QED) is 0.727. The molecule has 1 heterocycles. The summed E-state index contributed by atoms with van der Waals surface area (Å²) in [5.74, 6) is 0.412. The van der Waals surface area contributed by atoms with E-state index in [1.54, 1.807) is 0 Å². The molecule has 0 aromatic heterocycles. The maximum Gasteiger partial charge on any atom is 0.228 e. The highest BCUT2D eigenvalue weighted by molar-refractivity contribution is 5.85. The van der Waals surface area contributed by atoms with Crippen molar-refractivity contribution in [2.45, 2.75) is 46.5 Å². The molecular weight excluding hydrogens is 190 g/mol. The standard InChI is InChI=1S/C9H15NO.C2H6.CH4O/c1-9(4-5-9)8(11)10-6-2-3-7-10;2*1-2/h2-7H2,1H3;1-2H3;2H,1H3. The number of hydrogen-bond acceptors (Lipinski definition) is 2. The fourth-order valence-corrected chi connectivity index (χ4v) is 1.70. The Labute approximate surface area is 93.5 Å². The monoisotopic (exact) mass is 215 g/mol. The molecule has 0 spiro atoms. The minimum absolute atomic E-state index is 0.0599. The van der Waals surface area contributed by atoms with Crippen LogP contribution in [0.2, 0.25) is 0 Å². The van der Waals surface area contributed by atoms with E-state index in [1.165, 1.54) is 12.8 Å². The maximum absolute atomic E-state index is 11.7. The molecule has 1 aliphatic heterocycles. The van der Waals surface area contributed by atoms with Crippen LogP contribution in [0.15, 0.2) is 0 Å². The Bertz CT molecular complexity index is 182. The first kappa shape index (κ1) is 14.4. The van der Waals surface area contributed by atoms with Crippen molar-refractivity contribution in [3.63, 3.8) is 0 Å². The number of carbonyl (C=O) groups is 1. The van der Waals surface area contributed by atoms with Gasteiger partial charge in [-0.05, 0) is 25.7 Å². The van der Waals surface area contributed by atoms with Gasteiger partial charge < -0.3 is 10.0 Å². The fourth-order valence-electron chi connectivity index (χ4n) is 1.70. The molecule has 0 bridgehead atoms. The third kappa shape index (κ3) is 3.82. The van der Waals surface area contributed by atoms with Gasteiger partial charge in [-0.15, -0.1) is 0 Å². The summed E-state index contributed by atoms with van der Waals surface area (Å²) < 4.78 is 0. The van der Waals surface area contributed by atoms with Crippen molar-refractivity contribution in [2.24, 2.45) is 5.41 Å². The van der Waals surface area contributed by atoms with Gasteiger partial charge in [0.2, 0.25) is 5.91 Å². The molecule has 2 fully saturated rings. The zero-order valence-corrected chi connectivity index (χ0v) is 10.5. The lowest BCUT2D eigenvalue weighted by atomic mass is 10.1. The molecule has 3 heteroatoms. The molecule has 0 aromatic rings. The van der Waals surface area contributed by atoms with Crippen molar-refractivity contribution in [3.05, 3.63) is 0 Å². The summed E-state index contributed by atoms with van der Waals surface area (Å²) in [6.45, 7) is 8.11. The van der Waals surface area contributed by atoms with Gasteiger partial charge >= 0.3 is 0 Å². The first-order valence-electron chi connectivity index (χ1n) is 5.96. The molecule has 1 saturated heterocycles. The summed E-state index contributed by atoms with van der Waals surface area (Å²) in [7, 11) is 1.00. The van der Waals surface area contributed by atoms with Gasteiger partial charge in [0.25, 0.3) is 0 Å². The van der Waals surface area contributed by atoms with Crippen molar-refractivity contribution in [1.82, 2.24) is 4.90 Å². The first-order valence-corrected chi connectivity index (χ1v) is 5.96. The molecule has 0 radical (unpaired) electrons. The molecule has 90 valence electrons. The summed E-state index contributed by atoms with van der Waals surface area (Å²) in [4.78, 5) is 13.7. The molecule has 1 saturated carbocycles. The van der Waals surface area contributed by atoms with E-state index in [4.69, 9.17) is 5.11 Å². The zero-order chi connectivity index (χ0) is 11.9. The van der Waals surface area contributed by atoms with Crippen LogP contribution in [0, 0.1) is 5.41 Å². The number of aliphatic hydroxyl groups excluding tert-OH is 1. The lowest BCUT2D eigenvalue weighted by Crippen LogP contribution is -2.33. The molecule has 1 N–H and O–H groups in total. The second-order valence-corrected chi connectivity index (χ2v) is 4.06. The molecule has 2 aliphatic rings. The molecule has 3 nitrogen and oxygen atoms in total. The van der Waals surface area contributed by atoms with E-state index in [0.717, 1.165) is 33.0 Å². The van der Waals surface area contributed by atoms with Crippen molar-refractivity contribution < 1.29 is 9.90 Å². The molecule has 1 amide bonds.